The van der Waals surface area contributed by atoms with Crippen LogP contribution in [0.4, 0.5) is 24.7 Å². The second-order valence-electron chi connectivity index (χ2n) is 7.10. The number of aromatic nitrogens is 2. The van der Waals surface area contributed by atoms with Crippen molar-refractivity contribution in [3.8, 4) is 5.75 Å². The lowest BCUT2D eigenvalue weighted by Crippen LogP contribution is -2.21. The van der Waals surface area contributed by atoms with Gasteiger partial charge in [-0.15, -0.1) is 0 Å². The Hall–Kier alpha value is -4.21. The largest absolute Gasteiger partial charge is 0.494 e. The van der Waals surface area contributed by atoms with Crippen LogP contribution in [0.2, 0.25) is 0 Å². The van der Waals surface area contributed by atoms with Crippen LogP contribution in [0.1, 0.15) is 29.3 Å². The van der Waals surface area contributed by atoms with Crippen molar-refractivity contribution in [3.05, 3.63) is 90.0 Å². The van der Waals surface area contributed by atoms with E-state index < -0.39 is 17.8 Å². The van der Waals surface area contributed by atoms with E-state index in [1.54, 1.807) is 24.3 Å². The zero-order chi connectivity index (χ0) is 24.6. The lowest BCUT2D eigenvalue weighted by Gasteiger charge is -2.14. The van der Waals surface area contributed by atoms with E-state index in [1.807, 2.05) is 6.92 Å². The Labute approximate surface area is 194 Å². The van der Waals surface area contributed by atoms with E-state index in [1.165, 1.54) is 42.9 Å². The predicted molar refractivity (Wildman–Crippen MR) is 123 cm³/mol. The molecule has 0 unspecified atom stereocenters. The highest BCUT2D eigenvalue weighted by molar-refractivity contribution is 6.07. The fourth-order valence-corrected chi connectivity index (χ4v) is 2.77. The molecule has 10 heteroatoms. The van der Waals surface area contributed by atoms with E-state index in [-0.39, 0.29) is 17.1 Å². The molecule has 7 nitrogen and oxygen atoms in total. The number of alkyl halides is 3. The van der Waals surface area contributed by atoms with Crippen LogP contribution < -0.4 is 15.4 Å². The molecule has 1 amide bonds. The van der Waals surface area contributed by atoms with Gasteiger partial charge in [0.05, 0.1) is 24.2 Å². The third-order valence-corrected chi connectivity index (χ3v) is 4.42. The minimum atomic E-state index is -4.74. The number of amides is 1. The Kier molecular flexibility index (Phi) is 7.96. The van der Waals surface area contributed by atoms with E-state index in [0.717, 1.165) is 6.42 Å². The first-order valence-electron chi connectivity index (χ1n) is 10.3. The maximum atomic E-state index is 13.5. The fourth-order valence-electron chi connectivity index (χ4n) is 2.77. The molecule has 0 aliphatic rings. The van der Waals surface area contributed by atoms with Crippen molar-refractivity contribution in [2.75, 3.05) is 17.2 Å². The maximum Gasteiger partial charge on any atom is 0.431 e. The van der Waals surface area contributed by atoms with E-state index in [0.29, 0.717) is 29.7 Å². The summed E-state index contributed by atoms with van der Waals surface area (Å²) in [5, 5.41) is 12.8. The number of ether oxygens (including phenoxy) is 1. The van der Waals surface area contributed by atoms with Crippen LogP contribution in [-0.2, 0) is 0 Å². The number of hydrogen-bond donors (Lipinski definition) is 3. The average molecular weight is 469 g/mol. The van der Waals surface area contributed by atoms with Crippen LogP contribution in [-0.4, -0.2) is 34.4 Å². The number of rotatable bonds is 9. The summed E-state index contributed by atoms with van der Waals surface area (Å²) in [4.78, 5) is 20.2. The summed E-state index contributed by atoms with van der Waals surface area (Å²) < 4.78 is 46.0. The minimum absolute atomic E-state index is 0.101. The number of nitrogens with zero attached hydrogens (tertiary/aromatic N) is 2. The molecule has 0 bridgehead atoms. The minimum Gasteiger partial charge on any atom is -0.494 e. The van der Waals surface area contributed by atoms with Gasteiger partial charge in [-0.1, -0.05) is 13.0 Å². The summed E-state index contributed by atoms with van der Waals surface area (Å²) in [6.07, 6.45) is 0.755. The number of allylic oxidation sites excluding steroid dienone is 2. The molecule has 2 aromatic heterocycles. The standard InChI is InChI=1S/C24H22F3N5O2/c1-2-11-34-19-7-3-5-16(12-19)23(33)31-18-8-9-22(30-15-18)32-21(24(25,26)27)13-20(28)17-6-4-10-29-14-17/h3-10,12-15,28H,2,11H2,1H3,(H,30,32)(H,31,33)/b21-13-,28-20?. The second-order valence-corrected chi connectivity index (χ2v) is 7.10. The Bertz CT molecular complexity index is 1160. The first-order chi connectivity index (χ1) is 16.3. The summed E-state index contributed by atoms with van der Waals surface area (Å²) >= 11 is 0. The van der Waals surface area contributed by atoms with Gasteiger partial charge in [0.15, 0.2) is 0 Å². The smallest absolute Gasteiger partial charge is 0.431 e. The van der Waals surface area contributed by atoms with E-state index in [4.69, 9.17) is 10.1 Å². The monoisotopic (exact) mass is 469 g/mol. The number of benzene rings is 1. The van der Waals surface area contributed by atoms with Crippen LogP contribution in [0.5, 0.6) is 5.75 Å². The van der Waals surface area contributed by atoms with Crippen molar-refractivity contribution in [2.24, 2.45) is 0 Å². The lowest BCUT2D eigenvalue weighted by atomic mass is 10.1. The predicted octanol–water partition coefficient (Wildman–Crippen LogP) is 5.44. The Morgan fingerprint density at radius 1 is 1.09 bits per heavy atom. The normalized spacial score (nSPS) is 11.6. The van der Waals surface area contributed by atoms with Crippen LogP contribution in [0, 0.1) is 5.41 Å². The molecule has 0 radical (unpaired) electrons. The molecule has 1 aromatic carbocycles. The molecule has 0 atom stereocenters. The molecule has 0 spiro atoms. The van der Waals surface area contributed by atoms with Gasteiger partial charge in [0, 0.05) is 23.5 Å². The van der Waals surface area contributed by atoms with Crippen LogP contribution in [0.15, 0.2) is 78.9 Å². The summed E-state index contributed by atoms with van der Waals surface area (Å²) in [5.41, 5.74) is -0.610. The molecule has 0 aliphatic carbocycles. The highest BCUT2D eigenvalue weighted by atomic mass is 19.4. The van der Waals surface area contributed by atoms with E-state index in [2.05, 4.69) is 20.6 Å². The van der Waals surface area contributed by atoms with Crippen LogP contribution in [0.25, 0.3) is 0 Å². The lowest BCUT2D eigenvalue weighted by molar-refractivity contribution is -0.0901. The second kappa shape index (κ2) is 11.1. The summed E-state index contributed by atoms with van der Waals surface area (Å²) in [5.74, 6) is 0.0521. The molecular formula is C24H22F3N5O2. The highest BCUT2D eigenvalue weighted by Crippen LogP contribution is 2.27. The van der Waals surface area contributed by atoms with Gasteiger partial charge in [0.2, 0.25) is 0 Å². The quantitative estimate of drug-likeness (QED) is 0.362. The van der Waals surface area contributed by atoms with Crippen molar-refractivity contribution in [2.45, 2.75) is 19.5 Å². The average Bonchev–Trinajstić information content (AvgIpc) is 2.83. The van der Waals surface area contributed by atoms with Gasteiger partial charge >= 0.3 is 6.18 Å². The van der Waals surface area contributed by atoms with Gasteiger partial charge in [-0.05, 0) is 55.0 Å². The number of hydrogen-bond acceptors (Lipinski definition) is 6. The molecular weight excluding hydrogens is 447 g/mol. The molecule has 3 N–H and O–H groups in total. The van der Waals surface area contributed by atoms with E-state index in [9.17, 15) is 18.0 Å². The number of nitrogens with one attached hydrogen (secondary N) is 3. The van der Waals surface area contributed by atoms with Crippen molar-refractivity contribution >= 4 is 23.1 Å². The molecule has 0 saturated heterocycles. The topological polar surface area (TPSA) is 100.0 Å². The number of pyridine rings is 2. The SMILES string of the molecule is CCCOc1cccc(C(=O)Nc2ccc(N/C(=C\C(=N)c3cccnc3)C(F)(F)F)nc2)c1. The first kappa shape index (κ1) is 24.4. The van der Waals surface area contributed by atoms with Gasteiger partial charge < -0.3 is 20.8 Å². The molecule has 3 aromatic rings. The zero-order valence-electron chi connectivity index (χ0n) is 18.2. The number of carbonyl (C=O) groups is 1. The van der Waals surface area contributed by atoms with Gasteiger partial charge in [0.25, 0.3) is 5.91 Å². The molecule has 2 heterocycles. The number of carbonyl (C=O) groups excluding carboxylic acids is 1. The summed E-state index contributed by atoms with van der Waals surface area (Å²) in [7, 11) is 0. The maximum absolute atomic E-state index is 13.5. The van der Waals surface area contributed by atoms with Crippen molar-refractivity contribution in [3.63, 3.8) is 0 Å². The van der Waals surface area contributed by atoms with Crippen LogP contribution >= 0.6 is 0 Å². The van der Waals surface area contributed by atoms with Gasteiger partial charge in [0.1, 0.15) is 17.3 Å². The van der Waals surface area contributed by atoms with E-state index >= 15 is 0 Å². The molecule has 3 rings (SSSR count). The molecule has 0 aliphatic heterocycles. The first-order valence-corrected chi connectivity index (χ1v) is 10.3. The number of halogens is 3. The summed E-state index contributed by atoms with van der Waals surface area (Å²) in [6.45, 7) is 2.50. The van der Waals surface area contributed by atoms with Gasteiger partial charge in [-0.25, -0.2) is 4.98 Å². The van der Waals surface area contributed by atoms with Crippen molar-refractivity contribution in [1.82, 2.24) is 9.97 Å². The molecule has 0 saturated carbocycles. The van der Waals surface area contributed by atoms with Crippen LogP contribution in [0.3, 0.4) is 0 Å². The fraction of sp³-hybridized carbons (Fsp3) is 0.167. The Balaban J connectivity index is 1.70. The highest BCUT2D eigenvalue weighted by Gasteiger charge is 2.34. The van der Waals surface area contributed by atoms with Gasteiger partial charge in [-0.3, -0.25) is 9.78 Å². The summed E-state index contributed by atoms with van der Waals surface area (Å²) in [6, 6.07) is 12.4. The van der Waals surface area contributed by atoms with Crippen molar-refractivity contribution in [1.29, 1.82) is 5.41 Å². The molecule has 176 valence electrons. The Morgan fingerprint density at radius 3 is 2.53 bits per heavy atom. The Morgan fingerprint density at radius 2 is 1.88 bits per heavy atom. The zero-order valence-corrected chi connectivity index (χ0v) is 18.2. The third kappa shape index (κ3) is 6.89. The number of anilines is 2. The molecule has 34 heavy (non-hydrogen) atoms. The van der Waals surface area contributed by atoms with Gasteiger partial charge in [-0.2, -0.15) is 13.2 Å². The third-order valence-electron chi connectivity index (χ3n) is 4.42. The molecule has 0 fully saturated rings. The van der Waals surface area contributed by atoms with Crippen molar-refractivity contribution < 1.29 is 22.7 Å².